The molecular weight excluding hydrogens is 472 g/mol. The third-order valence-electron chi connectivity index (χ3n) is 5.24. The highest BCUT2D eigenvalue weighted by Gasteiger charge is 2.12. The Hall–Kier alpha value is -3.68. The minimum Gasteiger partial charge on any atom is -0.481 e. The number of carbonyl (C=O) groups excluding carboxylic acids is 1. The monoisotopic (exact) mass is 492 g/mol. The van der Waals surface area contributed by atoms with Gasteiger partial charge < -0.3 is 10.1 Å². The Morgan fingerprint density at radius 1 is 0.882 bits per heavy atom. The van der Waals surface area contributed by atoms with Gasteiger partial charge in [-0.3, -0.25) is 4.79 Å². The van der Waals surface area contributed by atoms with Crippen LogP contribution in [0.1, 0.15) is 10.4 Å². The third-order valence-corrected chi connectivity index (χ3v) is 6.70. The van der Waals surface area contributed by atoms with Crippen LogP contribution in [0, 0.1) is 0 Å². The van der Waals surface area contributed by atoms with Gasteiger partial charge in [0.2, 0.25) is 5.88 Å². The molecule has 0 unspecified atom stereocenters. The van der Waals surface area contributed by atoms with E-state index in [1.165, 1.54) is 19.6 Å². The van der Waals surface area contributed by atoms with E-state index in [0.717, 1.165) is 22.3 Å². The fourth-order valence-corrected chi connectivity index (χ4v) is 4.26. The first-order valence-electron chi connectivity index (χ1n) is 10.3. The van der Waals surface area contributed by atoms with Gasteiger partial charge in [-0.25, -0.2) is 13.4 Å². The summed E-state index contributed by atoms with van der Waals surface area (Å²) in [6, 6.07) is 22.9. The number of carbonyl (C=O) groups is 1. The highest BCUT2D eigenvalue weighted by Crippen LogP contribution is 2.31. The Kier molecular flexibility index (Phi) is 6.68. The van der Waals surface area contributed by atoms with Crippen molar-refractivity contribution in [1.82, 2.24) is 4.98 Å². The number of ether oxygens (including phenoxy) is 1. The first-order chi connectivity index (χ1) is 16.2. The van der Waals surface area contributed by atoms with E-state index in [1.54, 1.807) is 54.6 Å². The number of sulfone groups is 1. The molecule has 1 heterocycles. The minimum absolute atomic E-state index is 0.278. The van der Waals surface area contributed by atoms with E-state index in [1.807, 2.05) is 24.3 Å². The van der Waals surface area contributed by atoms with E-state index in [0.29, 0.717) is 22.2 Å². The number of rotatable bonds is 6. The average Bonchev–Trinajstić information content (AvgIpc) is 2.84. The zero-order valence-corrected chi connectivity index (χ0v) is 20.0. The number of hydrogen-bond donors (Lipinski definition) is 1. The molecule has 0 radical (unpaired) electrons. The Morgan fingerprint density at radius 3 is 2.06 bits per heavy atom. The van der Waals surface area contributed by atoms with Crippen LogP contribution < -0.4 is 10.1 Å². The molecule has 0 fully saturated rings. The number of amides is 1. The molecule has 8 heteroatoms. The molecule has 6 nitrogen and oxygen atoms in total. The van der Waals surface area contributed by atoms with Gasteiger partial charge in [-0.05, 0) is 53.1 Å². The topological polar surface area (TPSA) is 85.4 Å². The lowest BCUT2D eigenvalue weighted by Crippen LogP contribution is -2.12. The van der Waals surface area contributed by atoms with Crippen LogP contribution in [0.2, 0.25) is 5.02 Å². The number of pyridine rings is 1. The maximum atomic E-state index is 12.7. The standard InChI is InChI=1S/C26H21ClN2O4S/c1-33-25-14-10-21(16-28-25)29-26(30)20-9-13-24(27)23(15-20)19-5-3-17(4-6-19)18-7-11-22(12-8-18)34(2,31)32/h3-16H,1-2H3,(H,29,30). The van der Waals surface area contributed by atoms with Crippen molar-refractivity contribution in [2.24, 2.45) is 0 Å². The smallest absolute Gasteiger partial charge is 0.255 e. The van der Waals surface area contributed by atoms with Crippen molar-refractivity contribution < 1.29 is 17.9 Å². The van der Waals surface area contributed by atoms with Gasteiger partial charge in [-0.2, -0.15) is 0 Å². The largest absolute Gasteiger partial charge is 0.481 e. The second kappa shape index (κ2) is 9.67. The molecule has 4 rings (SSSR count). The Bertz CT molecular complexity index is 1430. The summed E-state index contributed by atoms with van der Waals surface area (Å²) in [7, 11) is -1.72. The lowest BCUT2D eigenvalue weighted by Gasteiger charge is -2.10. The van der Waals surface area contributed by atoms with Crippen LogP contribution in [-0.2, 0) is 9.84 Å². The summed E-state index contributed by atoms with van der Waals surface area (Å²) in [6.07, 6.45) is 2.71. The Balaban J connectivity index is 1.56. The number of anilines is 1. The molecule has 0 saturated carbocycles. The van der Waals surface area contributed by atoms with Gasteiger partial charge in [0.15, 0.2) is 9.84 Å². The summed E-state index contributed by atoms with van der Waals surface area (Å²) >= 11 is 6.43. The SMILES string of the molecule is COc1ccc(NC(=O)c2ccc(Cl)c(-c3ccc(-c4ccc(S(C)(=O)=O)cc4)cc3)c2)cn1. The third kappa shape index (κ3) is 5.27. The first kappa shape index (κ1) is 23.5. The molecule has 0 bridgehead atoms. The quantitative estimate of drug-likeness (QED) is 0.371. The van der Waals surface area contributed by atoms with Crippen LogP contribution in [0.25, 0.3) is 22.3 Å². The van der Waals surface area contributed by atoms with E-state index in [9.17, 15) is 13.2 Å². The summed E-state index contributed by atoms with van der Waals surface area (Å²) < 4.78 is 28.4. The average molecular weight is 493 g/mol. The van der Waals surface area contributed by atoms with Gasteiger partial charge in [0.05, 0.1) is 23.9 Å². The molecule has 3 aromatic carbocycles. The van der Waals surface area contributed by atoms with Gasteiger partial charge in [0.1, 0.15) is 0 Å². The van der Waals surface area contributed by atoms with Gasteiger partial charge >= 0.3 is 0 Å². The number of nitrogens with one attached hydrogen (secondary N) is 1. The number of nitrogens with zero attached hydrogens (tertiary/aromatic N) is 1. The van der Waals surface area contributed by atoms with Gasteiger partial charge in [0.25, 0.3) is 5.91 Å². The second-order valence-corrected chi connectivity index (χ2v) is 10.0. The summed E-state index contributed by atoms with van der Waals surface area (Å²) in [5.41, 5.74) is 4.40. The maximum absolute atomic E-state index is 12.7. The fraction of sp³-hybridized carbons (Fsp3) is 0.0769. The van der Waals surface area contributed by atoms with Crippen molar-refractivity contribution in [3.8, 4) is 28.1 Å². The van der Waals surface area contributed by atoms with Crippen LogP contribution in [0.15, 0.2) is 90.0 Å². The number of methoxy groups -OCH3 is 1. The highest BCUT2D eigenvalue weighted by atomic mass is 35.5. The lowest BCUT2D eigenvalue weighted by molar-refractivity contribution is 0.102. The van der Waals surface area contributed by atoms with Gasteiger partial charge in [0, 0.05) is 28.5 Å². The van der Waals surface area contributed by atoms with Crippen molar-refractivity contribution in [1.29, 1.82) is 0 Å². The fourth-order valence-electron chi connectivity index (χ4n) is 3.40. The van der Waals surface area contributed by atoms with Crippen LogP contribution in [-0.4, -0.2) is 32.7 Å². The normalized spacial score (nSPS) is 11.1. The Morgan fingerprint density at radius 2 is 1.50 bits per heavy atom. The maximum Gasteiger partial charge on any atom is 0.255 e. The number of benzene rings is 3. The Labute approximate surface area is 203 Å². The molecule has 34 heavy (non-hydrogen) atoms. The molecule has 0 atom stereocenters. The van der Waals surface area contributed by atoms with E-state index in [4.69, 9.17) is 16.3 Å². The number of hydrogen-bond acceptors (Lipinski definition) is 5. The van der Waals surface area contributed by atoms with E-state index < -0.39 is 9.84 Å². The predicted octanol–water partition coefficient (Wildman–Crippen LogP) is 5.73. The summed E-state index contributed by atoms with van der Waals surface area (Å²) in [4.78, 5) is 17.1. The van der Waals surface area contributed by atoms with Gasteiger partial charge in [-0.15, -0.1) is 0 Å². The molecule has 1 amide bonds. The van der Waals surface area contributed by atoms with Crippen LogP contribution in [0.3, 0.4) is 0 Å². The van der Waals surface area contributed by atoms with Crippen molar-refractivity contribution >= 4 is 33.0 Å². The molecule has 1 N–H and O–H groups in total. The molecule has 172 valence electrons. The highest BCUT2D eigenvalue weighted by molar-refractivity contribution is 7.90. The molecule has 0 aliphatic carbocycles. The van der Waals surface area contributed by atoms with E-state index in [-0.39, 0.29) is 10.8 Å². The molecule has 0 aliphatic heterocycles. The molecule has 0 saturated heterocycles. The number of aromatic nitrogens is 1. The van der Waals surface area contributed by atoms with Crippen molar-refractivity contribution in [2.75, 3.05) is 18.7 Å². The minimum atomic E-state index is -3.24. The van der Waals surface area contributed by atoms with Crippen LogP contribution >= 0.6 is 11.6 Å². The van der Waals surface area contributed by atoms with Crippen LogP contribution in [0.4, 0.5) is 5.69 Å². The number of halogens is 1. The summed E-state index contributed by atoms with van der Waals surface area (Å²) in [5, 5.41) is 3.33. The van der Waals surface area contributed by atoms with Crippen molar-refractivity contribution in [2.45, 2.75) is 4.90 Å². The second-order valence-electron chi connectivity index (χ2n) is 7.61. The molecule has 4 aromatic rings. The first-order valence-corrected chi connectivity index (χ1v) is 12.5. The van der Waals surface area contributed by atoms with E-state index >= 15 is 0 Å². The predicted molar refractivity (Wildman–Crippen MR) is 134 cm³/mol. The molecule has 0 spiro atoms. The zero-order valence-electron chi connectivity index (χ0n) is 18.4. The molecule has 1 aromatic heterocycles. The van der Waals surface area contributed by atoms with Gasteiger partial charge in [-0.1, -0.05) is 48.0 Å². The van der Waals surface area contributed by atoms with Crippen molar-refractivity contribution in [3.05, 3.63) is 95.6 Å². The van der Waals surface area contributed by atoms with Crippen molar-refractivity contribution in [3.63, 3.8) is 0 Å². The zero-order chi connectivity index (χ0) is 24.3. The summed E-state index contributed by atoms with van der Waals surface area (Å²) in [5.74, 6) is 0.175. The lowest BCUT2D eigenvalue weighted by atomic mass is 9.99. The summed E-state index contributed by atoms with van der Waals surface area (Å²) in [6.45, 7) is 0. The van der Waals surface area contributed by atoms with E-state index in [2.05, 4.69) is 10.3 Å². The molecule has 0 aliphatic rings. The molecular formula is C26H21ClN2O4S. The van der Waals surface area contributed by atoms with Crippen LogP contribution in [0.5, 0.6) is 5.88 Å².